The molecule has 0 fully saturated rings. The van der Waals surface area contributed by atoms with Crippen LogP contribution in [0.4, 0.5) is 0 Å². The molecule has 14 heavy (non-hydrogen) atoms. The third-order valence-electron chi connectivity index (χ3n) is 1.59. The van der Waals surface area contributed by atoms with Crippen LogP contribution in [0.2, 0.25) is 0 Å². The van der Waals surface area contributed by atoms with Crippen LogP contribution in [0.15, 0.2) is 36.9 Å². The molecule has 0 aliphatic carbocycles. The minimum absolute atomic E-state index is 0.619. The van der Waals surface area contributed by atoms with Gasteiger partial charge >= 0.3 is 0 Å². The first-order valence-corrected chi connectivity index (χ1v) is 5.07. The Kier molecular flexibility index (Phi) is 7.86. The van der Waals surface area contributed by atoms with Gasteiger partial charge in [0.25, 0.3) is 0 Å². The van der Waals surface area contributed by atoms with E-state index >= 15 is 0 Å². The predicted octanol–water partition coefficient (Wildman–Crippen LogP) is 3.72. The summed E-state index contributed by atoms with van der Waals surface area (Å²) in [7, 11) is 0. The number of aryl methyl sites for hydroxylation is 1. The lowest BCUT2D eigenvalue weighted by molar-refractivity contribution is 0.149. The summed E-state index contributed by atoms with van der Waals surface area (Å²) >= 11 is 0. The van der Waals surface area contributed by atoms with Gasteiger partial charge in [0.05, 0.1) is 13.2 Å². The largest absolute Gasteiger partial charge is 0.373 e. The van der Waals surface area contributed by atoms with Crippen LogP contribution in [-0.2, 0) is 11.3 Å². The standard InChI is InChI=1S/C11H14O.C2H6/c1-3-7-12-9-11-6-4-5-10(2)8-11;1-2/h3-6,8H,1,7,9H2,2H3;1-2H3. The number of hydrogen-bond donors (Lipinski definition) is 0. The van der Waals surface area contributed by atoms with Gasteiger partial charge < -0.3 is 4.74 Å². The molecule has 0 atom stereocenters. The van der Waals surface area contributed by atoms with E-state index in [-0.39, 0.29) is 0 Å². The Labute approximate surface area is 87.4 Å². The average Bonchev–Trinajstić information content (AvgIpc) is 2.21. The van der Waals surface area contributed by atoms with E-state index in [2.05, 4.69) is 31.7 Å². The number of ether oxygens (including phenoxy) is 1. The maximum atomic E-state index is 5.31. The van der Waals surface area contributed by atoms with Gasteiger partial charge in [0.2, 0.25) is 0 Å². The fourth-order valence-electron chi connectivity index (χ4n) is 1.06. The Morgan fingerprint density at radius 1 is 1.36 bits per heavy atom. The highest BCUT2D eigenvalue weighted by molar-refractivity contribution is 5.21. The molecule has 0 radical (unpaired) electrons. The van der Waals surface area contributed by atoms with E-state index in [1.165, 1.54) is 11.1 Å². The molecule has 1 nitrogen and oxygen atoms in total. The molecule has 0 aliphatic rings. The number of rotatable bonds is 4. The molecule has 0 heterocycles. The molecule has 0 amide bonds. The molecule has 1 aromatic carbocycles. The average molecular weight is 192 g/mol. The zero-order valence-electron chi connectivity index (χ0n) is 9.42. The Balaban J connectivity index is 0.000000791. The fraction of sp³-hybridized carbons (Fsp3) is 0.385. The van der Waals surface area contributed by atoms with Gasteiger partial charge in [-0.05, 0) is 12.5 Å². The summed E-state index contributed by atoms with van der Waals surface area (Å²) in [6, 6.07) is 8.32. The smallest absolute Gasteiger partial charge is 0.0721 e. The molecule has 1 rings (SSSR count). The summed E-state index contributed by atoms with van der Waals surface area (Å²) in [5.74, 6) is 0. The van der Waals surface area contributed by atoms with Crippen molar-refractivity contribution in [2.24, 2.45) is 0 Å². The number of benzene rings is 1. The molecule has 0 bridgehead atoms. The van der Waals surface area contributed by atoms with Crippen LogP contribution in [0.1, 0.15) is 25.0 Å². The van der Waals surface area contributed by atoms with Gasteiger partial charge in [0.1, 0.15) is 0 Å². The molecule has 0 unspecified atom stereocenters. The van der Waals surface area contributed by atoms with Crippen LogP contribution in [0, 0.1) is 6.92 Å². The van der Waals surface area contributed by atoms with Gasteiger partial charge in [0.15, 0.2) is 0 Å². The van der Waals surface area contributed by atoms with Crippen LogP contribution < -0.4 is 0 Å². The third kappa shape index (κ3) is 5.55. The number of hydrogen-bond acceptors (Lipinski definition) is 1. The summed E-state index contributed by atoms with van der Waals surface area (Å²) in [6.07, 6.45) is 1.76. The van der Waals surface area contributed by atoms with E-state index in [1.807, 2.05) is 19.9 Å². The minimum Gasteiger partial charge on any atom is -0.373 e. The third-order valence-corrected chi connectivity index (χ3v) is 1.59. The highest BCUT2D eigenvalue weighted by Gasteiger charge is 1.91. The second-order valence-corrected chi connectivity index (χ2v) is 2.79. The summed E-state index contributed by atoms with van der Waals surface area (Å²) in [5, 5.41) is 0. The van der Waals surface area contributed by atoms with Crippen LogP contribution in [0.3, 0.4) is 0 Å². The first-order valence-electron chi connectivity index (χ1n) is 5.07. The Morgan fingerprint density at radius 2 is 2.07 bits per heavy atom. The molecular formula is C13H20O. The van der Waals surface area contributed by atoms with E-state index in [9.17, 15) is 0 Å². The lowest BCUT2D eigenvalue weighted by Crippen LogP contribution is -1.92. The Hall–Kier alpha value is -1.08. The summed E-state index contributed by atoms with van der Waals surface area (Å²) < 4.78 is 5.31. The van der Waals surface area contributed by atoms with E-state index in [4.69, 9.17) is 4.74 Å². The summed E-state index contributed by atoms with van der Waals surface area (Å²) in [4.78, 5) is 0. The van der Waals surface area contributed by atoms with Crippen molar-refractivity contribution in [1.82, 2.24) is 0 Å². The second kappa shape index (κ2) is 8.52. The van der Waals surface area contributed by atoms with Crippen molar-refractivity contribution < 1.29 is 4.74 Å². The Bertz CT molecular complexity index is 253. The zero-order valence-corrected chi connectivity index (χ0v) is 9.42. The van der Waals surface area contributed by atoms with Crippen molar-refractivity contribution in [2.75, 3.05) is 6.61 Å². The molecule has 0 saturated heterocycles. The lowest BCUT2D eigenvalue weighted by Gasteiger charge is -2.01. The highest BCUT2D eigenvalue weighted by atomic mass is 16.5. The van der Waals surface area contributed by atoms with Crippen molar-refractivity contribution in [2.45, 2.75) is 27.4 Å². The van der Waals surface area contributed by atoms with E-state index < -0.39 is 0 Å². The summed E-state index contributed by atoms with van der Waals surface area (Å²) in [5.41, 5.74) is 2.49. The molecule has 0 aromatic heterocycles. The minimum atomic E-state index is 0.619. The van der Waals surface area contributed by atoms with Gasteiger partial charge in [-0.15, -0.1) is 6.58 Å². The van der Waals surface area contributed by atoms with Crippen molar-refractivity contribution >= 4 is 0 Å². The maximum Gasteiger partial charge on any atom is 0.0721 e. The van der Waals surface area contributed by atoms with E-state index in [0.717, 1.165) is 0 Å². The molecule has 78 valence electrons. The highest BCUT2D eigenvalue weighted by Crippen LogP contribution is 2.04. The van der Waals surface area contributed by atoms with E-state index in [1.54, 1.807) is 6.08 Å². The van der Waals surface area contributed by atoms with Crippen LogP contribution >= 0.6 is 0 Å². The molecular weight excluding hydrogens is 172 g/mol. The first-order chi connectivity index (χ1) is 6.83. The van der Waals surface area contributed by atoms with Gasteiger partial charge in [-0.3, -0.25) is 0 Å². The fourth-order valence-corrected chi connectivity index (χ4v) is 1.06. The zero-order chi connectivity index (χ0) is 10.8. The first kappa shape index (κ1) is 12.9. The molecule has 0 aliphatic heterocycles. The van der Waals surface area contributed by atoms with Crippen molar-refractivity contribution in [3.05, 3.63) is 48.0 Å². The van der Waals surface area contributed by atoms with Crippen molar-refractivity contribution in [3.8, 4) is 0 Å². The second-order valence-electron chi connectivity index (χ2n) is 2.79. The van der Waals surface area contributed by atoms with Gasteiger partial charge in [0, 0.05) is 0 Å². The molecule has 1 heteroatoms. The van der Waals surface area contributed by atoms with Crippen LogP contribution in [0.25, 0.3) is 0 Å². The van der Waals surface area contributed by atoms with Crippen LogP contribution in [-0.4, -0.2) is 6.61 Å². The molecule has 0 N–H and O–H groups in total. The van der Waals surface area contributed by atoms with E-state index in [0.29, 0.717) is 13.2 Å². The van der Waals surface area contributed by atoms with Gasteiger partial charge in [-0.25, -0.2) is 0 Å². The lowest BCUT2D eigenvalue weighted by atomic mass is 10.1. The molecule has 1 aromatic rings. The SMILES string of the molecule is C=CCOCc1cccc(C)c1.CC. The van der Waals surface area contributed by atoms with Crippen LogP contribution in [0.5, 0.6) is 0 Å². The normalized spacial score (nSPS) is 8.79. The monoisotopic (exact) mass is 192 g/mol. The predicted molar refractivity (Wildman–Crippen MR) is 62.4 cm³/mol. The van der Waals surface area contributed by atoms with Gasteiger partial charge in [-0.2, -0.15) is 0 Å². The maximum absolute atomic E-state index is 5.31. The van der Waals surface area contributed by atoms with Crippen molar-refractivity contribution in [3.63, 3.8) is 0 Å². The molecule has 0 saturated carbocycles. The van der Waals surface area contributed by atoms with Crippen molar-refractivity contribution in [1.29, 1.82) is 0 Å². The topological polar surface area (TPSA) is 9.23 Å². The molecule has 0 spiro atoms. The summed E-state index contributed by atoms with van der Waals surface area (Å²) in [6.45, 7) is 11.0. The quantitative estimate of drug-likeness (QED) is 0.522. The van der Waals surface area contributed by atoms with Gasteiger partial charge in [-0.1, -0.05) is 49.8 Å². The Morgan fingerprint density at radius 3 is 2.64 bits per heavy atom.